The molecule has 0 aliphatic carbocycles. The molecule has 388 valence electrons. The molecule has 4 N–H and O–H groups in total. The van der Waals surface area contributed by atoms with Crippen molar-refractivity contribution in [2.24, 2.45) is 0 Å². The van der Waals surface area contributed by atoms with Crippen LogP contribution in [0.5, 0.6) is 0 Å². The van der Waals surface area contributed by atoms with E-state index in [0.29, 0.717) is 79.3 Å². The molecule has 0 amide bonds. The van der Waals surface area contributed by atoms with Gasteiger partial charge in [-0.25, -0.2) is 0 Å². The molecule has 0 aromatic rings. The van der Waals surface area contributed by atoms with Crippen LogP contribution in [0.15, 0.2) is 0 Å². The topological polar surface area (TPSA) is 129 Å². The Kier molecular flexibility index (Phi) is 56.1. The maximum atomic E-state index is 5.73. The first-order valence-corrected chi connectivity index (χ1v) is 53.3. The number of nitrogens with one attached hydrogen (secondary N) is 4. The summed E-state index contributed by atoms with van der Waals surface area (Å²) in [7, 11) is 15.1. The van der Waals surface area contributed by atoms with Gasteiger partial charge in [0.2, 0.25) is 0 Å². The molecule has 10 aliphatic rings. The molecule has 0 aromatic heterocycles. The predicted molar refractivity (Wildman–Crippen MR) is 303 cm³/mol. The van der Waals surface area contributed by atoms with Gasteiger partial charge >= 0.3 is 191 Å². The SMILES string of the molecule is C1COCC[NH+]2CCOCCOCC[NH+](CCO1)CCOCCOCC2.C1COCC[NH+]2CCOCCOCC[NH+](CCO1)CCOCCOCC2.P1P2[PH+]=[PH+]P1[PH+]=[PH+]2.P1P2[PH+]=[PH+]P1[PH+]=[PH+]2.[Fe].[K+].[K+]. The first kappa shape index (κ1) is 73.2. The van der Waals surface area contributed by atoms with E-state index in [1.54, 1.807) is 15.9 Å². The van der Waals surface area contributed by atoms with Gasteiger partial charge in [0, 0.05) is 17.1 Å². The van der Waals surface area contributed by atoms with Crippen molar-refractivity contribution in [1.29, 1.82) is 0 Å². The van der Waals surface area contributed by atoms with Crippen LogP contribution < -0.4 is 122 Å². The van der Waals surface area contributed by atoms with Gasteiger partial charge in [-0.1, -0.05) is 0 Å². The largest absolute Gasteiger partial charge is 1.00 e. The van der Waals surface area contributed by atoms with E-state index in [2.05, 4.69) is 0 Å². The summed E-state index contributed by atoms with van der Waals surface area (Å²) >= 11 is 0. The molecule has 16 nitrogen and oxygen atoms in total. The molecule has 0 radical (unpaired) electrons. The third-order valence-electron chi connectivity index (χ3n) is 10.9. The summed E-state index contributed by atoms with van der Waals surface area (Å²) in [4.78, 5) is 5.76. The first-order valence-electron chi connectivity index (χ1n) is 23.9. The Morgan fingerprint density at radius 1 is 0.217 bits per heavy atom. The summed E-state index contributed by atoms with van der Waals surface area (Å²) in [6, 6.07) is 0. The maximum Gasteiger partial charge on any atom is 1.00 e. The van der Waals surface area contributed by atoms with E-state index in [4.69, 9.17) is 56.8 Å². The van der Waals surface area contributed by atoms with Crippen LogP contribution in [-0.4, -0.2) is 237 Å². The monoisotopic (exact) mass is 1330 g/mol. The van der Waals surface area contributed by atoms with Crippen molar-refractivity contribution in [2.75, 3.05) is 237 Å². The fourth-order valence-electron chi connectivity index (χ4n) is 6.94. The molecular weight excluding hydrogens is 1250 g/mol. The third-order valence-corrected chi connectivity index (χ3v) is 130. The van der Waals surface area contributed by atoms with Gasteiger partial charge in [-0.15, -0.1) is 0 Å². The van der Waals surface area contributed by atoms with Crippen LogP contribution >= 0.6 is 104 Å². The van der Waals surface area contributed by atoms with Crippen LogP contribution in [0.1, 0.15) is 0 Å². The summed E-state index contributed by atoms with van der Waals surface area (Å²) in [6.45, 7) is 31.3. The van der Waals surface area contributed by atoms with Gasteiger partial charge in [0.15, 0.2) is 0 Å². The van der Waals surface area contributed by atoms with Crippen LogP contribution in [0.3, 0.4) is 0 Å². The van der Waals surface area contributed by atoms with E-state index in [1.165, 1.54) is 80.0 Å². The van der Waals surface area contributed by atoms with Crippen molar-refractivity contribution in [3.8, 4) is 0 Å². The quantitative estimate of drug-likeness (QED) is 0.148. The number of rotatable bonds is 0. The minimum absolute atomic E-state index is 0. The molecule has 0 spiro atoms. The number of hydrogen-bond acceptors (Lipinski definition) is 12. The molecule has 8 atom stereocenters. The maximum absolute atomic E-state index is 5.73. The summed E-state index contributed by atoms with van der Waals surface area (Å²) in [5, 5.41) is 0. The minimum atomic E-state index is 0. The van der Waals surface area contributed by atoms with E-state index in [9.17, 15) is 0 Å². The molecule has 6 saturated heterocycles. The summed E-state index contributed by atoms with van der Waals surface area (Å²) in [5.74, 6) is 0. The Hall–Kier alpha value is 8.13. The van der Waals surface area contributed by atoms with Crippen molar-refractivity contribution in [2.45, 2.75) is 0 Å². The van der Waals surface area contributed by atoms with E-state index >= 15 is 0 Å². The molecule has 33 heteroatoms. The van der Waals surface area contributed by atoms with E-state index in [1.807, 2.05) is 0 Å². The van der Waals surface area contributed by atoms with Gasteiger partial charge in [-0.05, 0) is 0 Å². The summed E-state index contributed by atoms with van der Waals surface area (Å²) < 4.78 is 68.7. The molecule has 6 fully saturated rings. The fraction of sp³-hybridized carbons (Fsp3) is 1.00. The Balaban J connectivity index is 0.000000353. The van der Waals surface area contributed by atoms with E-state index in [0.717, 1.165) is 186 Å². The Bertz CT molecular complexity index is 1040. The van der Waals surface area contributed by atoms with Crippen LogP contribution in [0.4, 0.5) is 0 Å². The molecule has 0 aromatic carbocycles. The molecule has 8 bridgehead atoms. The Labute approximate surface area is 530 Å². The van der Waals surface area contributed by atoms with Crippen molar-refractivity contribution in [3.05, 3.63) is 0 Å². The van der Waals surface area contributed by atoms with Gasteiger partial charge in [0.05, 0.1) is 159 Å². The normalized spacial score (nSPS) is 34.3. The number of quaternary nitrogens is 4. The second-order valence-corrected chi connectivity index (χ2v) is 79.1. The molecular formula is C36H86FeK2N4O12P14+14. The summed E-state index contributed by atoms with van der Waals surface area (Å²) in [6.07, 6.45) is 0. The van der Waals surface area contributed by atoms with Gasteiger partial charge in [-0.3, -0.25) is 0 Å². The predicted octanol–water partition coefficient (Wildman–Crippen LogP) is -2.85. The van der Waals surface area contributed by atoms with Crippen molar-refractivity contribution in [1.82, 2.24) is 0 Å². The average molecular weight is 1330 g/mol. The smallest absolute Gasteiger partial charge is 0.373 e. The first-order chi connectivity index (χ1) is 32.8. The molecule has 10 rings (SSSR count). The van der Waals surface area contributed by atoms with Crippen LogP contribution in [-0.2, 0) is 73.9 Å². The summed E-state index contributed by atoms with van der Waals surface area (Å²) in [5.41, 5.74) is 0. The number of fused-ring (bicyclic) bond motifs is 46. The number of hydrogen-bond donors (Lipinski definition) is 4. The Morgan fingerprint density at radius 3 is 0.420 bits per heavy atom. The van der Waals surface area contributed by atoms with Gasteiger partial charge in [-0.2, -0.15) is 0 Å². The van der Waals surface area contributed by atoms with Crippen molar-refractivity contribution in [3.63, 3.8) is 0 Å². The van der Waals surface area contributed by atoms with E-state index in [-0.39, 0.29) is 120 Å². The molecule has 8 unspecified atom stereocenters. The molecule has 10 aliphatic heterocycles. The zero-order valence-corrected chi connectivity index (χ0v) is 62.4. The van der Waals surface area contributed by atoms with Gasteiger partial charge in [0.25, 0.3) is 0 Å². The second-order valence-electron chi connectivity index (χ2n) is 15.8. The molecule has 69 heavy (non-hydrogen) atoms. The second kappa shape index (κ2) is 52.9. The zero-order chi connectivity index (χ0) is 45.6. The Morgan fingerprint density at radius 2 is 0.333 bits per heavy atom. The van der Waals surface area contributed by atoms with Crippen molar-refractivity contribution >= 4 is 104 Å². The molecule has 0 saturated carbocycles. The minimum Gasteiger partial charge on any atom is -0.373 e. The molecule has 10 heterocycles. The van der Waals surface area contributed by atoms with E-state index < -0.39 is 0 Å². The van der Waals surface area contributed by atoms with Gasteiger partial charge in [0.1, 0.15) is 94.5 Å². The third kappa shape index (κ3) is 40.1. The number of ether oxygens (including phenoxy) is 12. The van der Waals surface area contributed by atoms with Crippen LogP contribution in [0.25, 0.3) is 0 Å². The zero-order valence-electron chi connectivity index (χ0n) is 41.5. The standard InChI is InChI=1S/2C18H36N2O6.Fe.2K.2H5P7/c2*1-7-21-13-14-24-10-4-20-5-11-25-17-15-22-8-2-19(1)3-9-23-16-18-26-12-6-20;;;;2*1-2-7-4-3-6(1)5-7/h2*1-18H2;;;;2*1-5H/q;;;2*+1;2*+4/p+4. The van der Waals surface area contributed by atoms with Crippen LogP contribution in [0, 0.1) is 0 Å². The van der Waals surface area contributed by atoms with Gasteiger partial charge < -0.3 is 76.4 Å². The van der Waals surface area contributed by atoms with Crippen molar-refractivity contribution < 1.29 is 196 Å². The van der Waals surface area contributed by atoms with Crippen LogP contribution in [0.2, 0.25) is 0 Å². The fourth-order valence-corrected chi connectivity index (χ4v) is 228. The average Bonchev–Trinajstić information content (AvgIpc) is 4.19.